The summed E-state index contributed by atoms with van der Waals surface area (Å²) in [6, 6.07) is 29.6. The lowest BCUT2D eigenvalue weighted by molar-refractivity contribution is -0.385. The van der Waals surface area contributed by atoms with Gasteiger partial charge < -0.3 is 24.1 Å². The van der Waals surface area contributed by atoms with Gasteiger partial charge in [-0.15, -0.1) is 0 Å². The number of hydrogen-bond acceptors (Lipinski definition) is 12. The Hall–Kier alpha value is -6.02. The number of benzene rings is 4. The Balaban J connectivity index is 0.000000347. The molecule has 248 valence electrons. The first-order chi connectivity index (χ1) is 22.4. The predicted molar refractivity (Wildman–Crippen MR) is 170 cm³/mol. The van der Waals surface area contributed by atoms with E-state index in [0.717, 1.165) is 11.1 Å². The van der Waals surface area contributed by atoms with E-state index in [-0.39, 0.29) is 42.1 Å². The summed E-state index contributed by atoms with van der Waals surface area (Å²) in [7, 11) is 0. The highest BCUT2D eigenvalue weighted by Gasteiger charge is 2.17. The van der Waals surface area contributed by atoms with Crippen LogP contribution >= 0.6 is 11.6 Å². The lowest BCUT2D eigenvalue weighted by Crippen LogP contribution is -2.11. The van der Waals surface area contributed by atoms with Crippen molar-refractivity contribution < 1.29 is 48.3 Å². The maximum absolute atomic E-state index is 11.5. The molecule has 0 bridgehead atoms. The summed E-state index contributed by atoms with van der Waals surface area (Å²) >= 11 is 4.97. The van der Waals surface area contributed by atoms with E-state index in [9.17, 15) is 34.6 Å². The van der Waals surface area contributed by atoms with Crippen LogP contribution in [0.3, 0.4) is 0 Å². The van der Waals surface area contributed by atoms with E-state index in [4.69, 9.17) is 26.2 Å². The van der Waals surface area contributed by atoms with Crippen LogP contribution < -0.4 is 4.74 Å². The number of carbonyl (C=O) groups excluding carboxylic acids is 3. The minimum absolute atomic E-state index is 0.0420. The van der Waals surface area contributed by atoms with Gasteiger partial charge in [-0.3, -0.25) is 25.0 Å². The van der Waals surface area contributed by atoms with E-state index in [2.05, 4.69) is 9.47 Å². The molecule has 0 saturated heterocycles. The first-order valence-electron chi connectivity index (χ1n) is 13.5. The fraction of sp³-hybridized carbons (Fsp3) is 0.156. The first kappa shape index (κ1) is 39.0. The highest BCUT2D eigenvalue weighted by Crippen LogP contribution is 2.26. The van der Waals surface area contributed by atoms with Crippen molar-refractivity contribution in [3.63, 3.8) is 0 Å². The SMILES string of the molecule is CCOC(C)=O.O=C(Cl)OCc1ccccc1.O=C(OCc1ccccc1)Oc1ccccc1[N+](=O)[O-].O=[N+]([O-])c1ccccc1O. The molecule has 0 fully saturated rings. The van der Waals surface area contributed by atoms with Crippen LogP contribution in [0.25, 0.3) is 0 Å². The third-order valence-electron chi connectivity index (χ3n) is 5.08. The monoisotopic (exact) mass is 670 g/mol. The molecule has 15 heteroatoms. The number of rotatable bonds is 8. The summed E-state index contributed by atoms with van der Waals surface area (Å²) in [5.74, 6) is -0.652. The van der Waals surface area contributed by atoms with Gasteiger partial charge >= 0.3 is 28.9 Å². The average Bonchev–Trinajstić information content (AvgIpc) is 3.05. The first-order valence-corrected chi connectivity index (χ1v) is 13.9. The highest BCUT2D eigenvalue weighted by atomic mass is 35.5. The maximum atomic E-state index is 11.5. The van der Waals surface area contributed by atoms with Crippen molar-refractivity contribution in [1.82, 2.24) is 0 Å². The minimum atomic E-state index is -0.983. The van der Waals surface area contributed by atoms with Gasteiger partial charge in [-0.05, 0) is 30.2 Å². The minimum Gasteiger partial charge on any atom is -0.502 e. The molecule has 1 N–H and O–H groups in total. The van der Waals surface area contributed by atoms with Crippen molar-refractivity contribution in [1.29, 1.82) is 0 Å². The van der Waals surface area contributed by atoms with Gasteiger partial charge in [-0.1, -0.05) is 84.9 Å². The molecule has 0 saturated carbocycles. The van der Waals surface area contributed by atoms with Crippen LogP contribution in [0.15, 0.2) is 109 Å². The third-order valence-corrected chi connectivity index (χ3v) is 5.19. The molecule has 0 heterocycles. The number of phenols is 1. The Morgan fingerprint density at radius 3 is 1.53 bits per heavy atom. The van der Waals surface area contributed by atoms with Gasteiger partial charge in [0.25, 0.3) is 0 Å². The van der Waals surface area contributed by atoms with Crippen LogP contribution in [0.5, 0.6) is 11.5 Å². The van der Waals surface area contributed by atoms with Crippen LogP contribution in [0.1, 0.15) is 25.0 Å². The number of ether oxygens (including phenoxy) is 4. The number of halogens is 1. The smallest absolute Gasteiger partial charge is 0.502 e. The van der Waals surface area contributed by atoms with Crippen LogP contribution in [0.4, 0.5) is 21.0 Å². The van der Waals surface area contributed by atoms with Gasteiger partial charge in [0, 0.05) is 30.7 Å². The second-order valence-corrected chi connectivity index (χ2v) is 8.84. The van der Waals surface area contributed by atoms with Crippen molar-refractivity contribution in [2.45, 2.75) is 27.1 Å². The van der Waals surface area contributed by atoms with Gasteiger partial charge in [0.05, 0.1) is 16.5 Å². The Kier molecular flexibility index (Phi) is 18.7. The summed E-state index contributed by atoms with van der Waals surface area (Å²) in [5.41, 5.74) is 0.411. The van der Waals surface area contributed by atoms with Gasteiger partial charge in [0.15, 0.2) is 5.75 Å². The van der Waals surface area contributed by atoms with Gasteiger partial charge in [-0.25, -0.2) is 9.59 Å². The third kappa shape index (κ3) is 17.8. The number of phenolic OH excluding ortho intramolecular Hbond substituents is 1. The fourth-order valence-electron chi connectivity index (χ4n) is 3.07. The maximum Gasteiger partial charge on any atom is 0.514 e. The van der Waals surface area contributed by atoms with Crippen molar-refractivity contribution >= 4 is 40.5 Å². The van der Waals surface area contributed by atoms with E-state index >= 15 is 0 Å². The van der Waals surface area contributed by atoms with Crippen LogP contribution in [0, 0.1) is 20.2 Å². The molecule has 0 spiro atoms. The molecule has 0 atom stereocenters. The quantitative estimate of drug-likeness (QED) is 0.0479. The Morgan fingerprint density at radius 1 is 0.681 bits per heavy atom. The van der Waals surface area contributed by atoms with E-state index < -0.39 is 21.4 Å². The van der Waals surface area contributed by atoms with Gasteiger partial charge in [0.1, 0.15) is 13.2 Å². The zero-order chi connectivity index (χ0) is 35.0. The average molecular weight is 671 g/mol. The number of nitro groups is 2. The summed E-state index contributed by atoms with van der Waals surface area (Å²) in [6.45, 7) is 3.93. The number of aromatic hydroxyl groups is 1. The number of para-hydroxylation sites is 4. The molecule has 0 aliphatic heterocycles. The zero-order valence-corrected chi connectivity index (χ0v) is 26.0. The molecule has 0 radical (unpaired) electrons. The number of nitro benzene ring substituents is 2. The molecule has 0 aromatic heterocycles. The van der Waals surface area contributed by atoms with Crippen LogP contribution in [-0.4, -0.2) is 39.1 Å². The van der Waals surface area contributed by atoms with E-state index in [1.54, 1.807) is 19.1 Å². The lowest BCUT2D eigenvalue weighted by Gasteiger charge is -2.06. The number of nitrogens with zero attached hydrogens (tertiary/aromatic N) is 2. The molecule has 4 aromatic carbocycles. The predicted octanol–water partition coefficient (Wildman–Crippen LogP) is 7.74. The molecule has 0 aliphatic rings. The van der Waals surface area contributed by atoms with Crippen molar-refractivity contribution in [3.05, 3.63) is 141 Å². The van der Waals surface area contributed by atoms with E-state index in [1.807, 2.05) is 48.5 Å². The molecule has 14 nitrogen and oxygen atoms in total. The summed E-state index contributed by atoms with van der Waals surface area (Å²) < 4.78 is 18.7. The summed E-state index contributed by atoms with van der Waals surface area (Å²) in [6.07, 6.45) is -0.983. The molecular formula is C32H31ClN2O12. The summed E-state index contributed by atoms with van der Waals surface area (Å²) in [4.78, 5) is 51.0. The van der Waals surface area contributed by atoms with Crippen molar-refractivity contribution in [2.75, 3.05) is 6.61 Å². The molecule has 0 unspecified atom stereocenters. The highest BCUT2D eigenvalue weighted by molar-refractivity contribution is 6.61. The Bertz CT molecular complexity index is 1570. The normalized spacial score (nSPS) is 9.26. The molecule has 0 aliphatic carbocycles. The second kappa shape index (κ2) is 22.5. The molecule has 0 amide bonds. The van der Waals surface area contributed by atoms with Crippen LogP contribution in [0.2, 0.25) is 0 Å². The van der Waals surface area contributed by atoms with Crippen LogP contribution in [-0.2, 0) is 32.2 Å². The summed E-state index contributed by atoms with van der Waals surface area (Å²) in [5, 5.41) is 29.7. The molecule has 4 rings (SSSR count). The Morgan fingerprint density at radius 2 is 1.13 bits per heavy atom. The number of hydrogen-bond donors (Lipinski definition) is 1. The largest absolute Gasteiger partial charge is 0.514 e. The van der Waals surface area contributed by atoms with Crippen molar-refractivity contribution in [2.24, 2.45) is 0 Å². The lowest BCUT2D eigenvalue weighted by atomic mass is 10.2. The van der Waals surface area contributed by atoms with Gasteiger partial charge in [0.2, 0.25) is 5.75 Å². The molecule has 4 aromatic rings. The molecular weight excluding hydrogens is 640 g/mol. The van der Waals surface area contributed by atoms with E-state index in [1.165, 1.54) is 55.5 Å². The Labute approximate surface area is 274 Å². The van der Waals surface area contributed by atoms with Crippen molar-refractivity contribution in [3.8, 4) is 11.5 Å². The zero-order valence-electron chi connectivity index (χ0n) is 25.2. The number of carbonyl (C=O) groups is 3. The molecule has 47 heavy (non-hydrogen) atoms. The standard InChI is InChI=1S/C14H11NO5.C8H7ClO2.C6H5NO3.C4H8O2/c16-14(19-10-11-6-2-1-3-7-11)20-13-9-5-4-8-12(13)15(17)18;9-8(10)11-6-7-4-2-1-3-5-7;8-6-4-2-1-3-5(6)7(9)10;1-3-6-4(2)5/h1-9H,10H2;1-5H,6H2;1-4,8H;3H2,1-2H3. The van der Waals surface area contributed by atoms with Gasteiger partial charge in [-0.2, -0.15) is 0 Å². The number of esters is 1. The topological polar surface area (TPSA) is 195 Å². The fourth-order valence-corrected chi connectivity index (χ4v) is 3.12. The second-order valence-electron chi connectivity index (χ2n) is 8.53. The van der Waals surface area contributed by atoms with E-state index in [0.29, 0.717) is 6.61 Å².